The topological polar surface area (TPSA) is 35.6 Å². The van der Waals surface area contributed by atoms with Crippen molar-refractivity contribution >= 4 is 45.6 Å². The van der Waals surface area contributed by atoms with Crippen LogP contribution in [0.2, 0.25) is 0 Å². The molecule has 0 bridgehead atoms. The number of carbonyl (C=O) groups excluding carboxylic acids is 1. The number of nitrogens with one attached hydrogen (secondary N) is 1. The molecule has 0 atom stereocenters. The van der Waals surface area contributed by atoms with E-state index in [0.717, 1.165) is 53.1 Å². The fourth-order valence-electron chi connectivity index (χ4n) is 2.54. The molecule has 1 N–H and O–H groups in total. The van der Waals surface area contributed by atoms with Crippen LogP contribution in [-0.4, -0.2) is 42.5 Å². The Balaban J connectivity index is 1.54. The van der Waals surface area contributed by atoms with Gasteiger partial charge in [-0.25, -0.2) is 0 Å². The minimum Gasteiger partial charge on any atom is -0.360 e. The van der Waals surface area contributed by atoms with E-state index in [4.69, 9.17) is 12.2 Å². The minimum atomic E-state index is 0.772. The highest BCUT2D eigenvalue weighted by molar-refractivity contribution is 7.80. The zero-order valence-electron chi connectivity index (χ0n) is 13.0. The molecule has 4 nitrogen and oxygen atoms in total. The molecule has 1 aliphatic rings. The molecule has 1 aliphatic heterocycles. The predicted octanol–water partition coefficient (Wildman–Crippen LogP) is 3.39. The number of thiocarbonyl (C=S) groups is 1. The molecule has 0 saturated carbocycles. The van der Waals surface area contributed by atoms with Crippen molar-refractivity contribution in [2.45, 2.75) is 6.92 Å². The number of hydrogen-bond acceptors (Lipinski definition) is 4. The van der Waals surface area contributed by atoms with Gasteiger partial charge in [0.25, 0.3) is 0 Å². The van der Waals surface area contributed by atoms with Gasteiger partial charge in [-0.05, 0) is 43.4 Å². The van der Waals surface area contributed by atoms with Crippen molar-refractivity contribution < 1.29 is 4.79 Å². The summed E-state index contributed by atoms with van der Waals surface area (Å²) in [7, 11) is 0. The van der Waals surface area contributed by atoms with Crippen LogP contribution in [0.4, 0.5) is 10.7 Å². The van der Waals surface area contributed by atoms with Crippen LogP contribution in [0.25, 0.3) is 0 Å². The zero-order chi connectivity index (χ0) is 16.2. The van der Waals surface area contributed by atoms with Crippen LogP contribution in [0.1, 0.15) is 15.2 Å². The van der Waals surface area contributed by atoms with E-state index in [2.05, 4.69) is 34.2 Å². The smallest absolute Gasteiger partial charge is 0.173 e. The van der Waals surface area contributed by atoms with Crippen LogP contribution in [-0.2, 0) is 0 Å². The summed E-state index contributed by atoms with van der Waals surface area (Å²) >= 11 is 7.06. The number of carbonyl (C=O) groups is 1. The maximum Gasteiger partial charge on any atom is 0.173 e. The normalized spacial score (nSPS) is 14.7. The van der Waals surface area contributed by atoms with Crippen molar-refractivity contribution in [3.63, 3.8) is 0 Å². The van der Waals surface area contributed by atoms with Gasteiger partial charge in [-0.3, -0.25) is 4.79 Å². The fourth-order valence-corrected chi connectivity index (χ4v) is 3.72. The predicted molar refractivity (Wildman–Crippen MR) is 101 cm³/mol. The first-order valence-corrected chi connectivity index (χ1v) is 8.81. The van der Waals surface area contributed by atoms with Crippen LogP contribution in [0.3, 0.4) is 0 Å². The van der Waals surface area contributed by atoms with Crippen molar-refractivity contribution in [3.05, 3.63) is 46.8 Å². The zero-order valence-corrected chi connectivity index (χ0v) is 14.6. The highest BCUT2D eigenvalue weighted by Crippen LogP contribution is 2.26. The molecule has 1 aromatic carbocycles. The monoisotopic (exact) mass is 345 g/mol. The number of hydrogen-bond donors (Lipinski definition) is 1. The average molecular weight is 345 g/mol. The Labute approximate surface area is 145 Å². The second-order valence-electron chi connectivity index (χ2n) is 5.56. The maximum atomic E-state index is 10.8. The van der Waals surface area contributed by atoms with Crippen molar-refractivity contribution in [3.8, 4) is 0 Å². The first kappa shape index (κ1) is 16.0. The molecule has 6 heteroatoms. The number of piperazine rings is 1. The summed E-state index contributed by atoms with van der Waals surface area (Å²) in [4.78, 5) is 16.1. The van der Waals surface area contributed by atoms with Crippen LogP contribution in [0.15, 0.2) is 36.4 Å². The van der Waals surface area contributed by atoms with Gasteiger partial charge in [-0.2, -0.15) is 0 Å². The number of aryl methyl sites for hydroxylation is 1. The summed E-state index contributed by atoms with van der Waals surface area (Å²) in [5, 5.41) is 5.23. The van der Waals surface area contributed by atoms with Gasteiger partial charge >= 0.3 is 0 Å². The Morgan fingerprint density at radius 2 is 1.83 bits per heavy atom. The Morgan fingerprint density at radius 1 is 1.13 bits per heavy atom. The Hall–Kier alpha value is -1.92. The van der Waals surface area contributed by atoms with Gasteiger partial charge in [0, 0.05) is 31.9 Å². The lowest BCUT2D eigenvalue weighted by Crippen LogP contribution is -2.49. The molecule has 1 aromatic heterocycles. The molecule has 0 spiro atoms. The lowest BCUT2D eigenvalue weighted by Gasteiger charge is -2.36. The van der Waals surface area contributed by atoms with E-state index in [1.807, 2.05) is 24.3 Å². The molecular weight excluding hydrogens is 326 g/mol. The first-order chi connectivity index (χ1) is 11.2. The van der Waals surface area contributed by atoms with Crippen LogP contribution >= 0.6 is 23.6 Å². The van der Waals surface area contributed by atoms with Crippen molar-refractivity contribution in [2.75, 3.05) is 36.4 Å². The van der Waals surface area contributed by atoms with Crippen LogP contribution < -0.4 is 10.2 Å². The molecule has 3 rings (SSSR count). The molecular formula is C17H19N3OS2. The summed E-state index contributed by atoms with van der Waals surface area (Å²) < 4.78 is 0. The summed E-state index contributed by atoms with van der Waals surface area (Å²) in [5.41, 5.74) is 2.26. The molecule has 0 unspecified atom stereocenters. The lowest BCUT2D eigenvalue weighted by molar-refractivity contribution is 0.112. The SMILES string of the molecule is Cc1ccc(NC(=S)N2CCN(c3ccc(C=O)s3)CC2)cc1. The molecule has 0 amide bonds. The van der Waals surface area contributed by atoms with Gasteiger partial charge in [0.1, 0.15) is 0 Å². The highest BCUT2D eigenvalue weighted by atomic mass is 32.1. The number of anilines is 2. The van der Waals surface area contributed by atoms with Crippen molar-refractivity contribution in [1.82, 2.24) is 4.90 Å². The molecule has 1 saturated heterocycles. The number of rotatable bonds is 3. The van der Waals surface area contributed by atoms with Gasteiger partial charge in [-0.15, -0.1) is 11.3 Å². The Kier molecular flexibility index (Phi) is 4.93. The minimum absolute atomic E-state index is 0.772. The van der Waals surface area contributed by atoms with Gasteiger partial charge in [-0.1, -0.05) is 17.7 Å². The number of thiophene rings is 1. The maximum absolute atomic E-state index is 10.8. The third kappa shape index (κ3) is 3.89. The van der Waals surface area contributed by atoms with Crippen molar-refractivity contribution in [2.24, 2.45) is 0 Å². The van der Waals surface area contributed by atoms with E-state index in [1.54, 1.807) is 11.3 Å². The van der Waals surface area contributed by atoms with Gasteiger partial charge in [0.05, 0.1) is 9.88 Å². The van der Waals surface area contributed by atoms with E-state index < -0.39 is 0 Å². The van der Waals surface area contributed by atoms with Crippen molar-refractivity contribution in [1.29, 1.82) is 0 Å². The fraction of sp³-hybridized carbons (Fsp3) is 0.294. The van der Waals surface area contributed by atoms with E-state index in [0.29, 0.717) is 0 Å². The summed E-state index contributed by atoms with van der Waals surface area (Å²) in [5.74, 6) is 0. The summed E-state index contributed by atoms with van der Waals surface area (Å²) in [6.45, 7) is 5.66. The van der Waals surface area contributed by atoms with Gasteiger partial charge in [0.2, 0.25) is 0 Å². The second-order valence-corrected chi connectivity index (χ2v) is 7.04. The molecule has 23 heavy (non-hydrogen) atoms. The molecule has 0 radical (unpaired) electrons. The number of benzene rings is 1. The van der Waals surface area contributed by atoms with Crippen LogP contribution in [0.5, 0.6) is 0 Å². The van der Waals surface area contributed by atoms with Crippen LogP contribution in [0, 0.1) is 6.92 Å². The largest absolute Gasteiger partial charge is 0.360 e. The average Bonchev–Trinajstić information content (AvgIpc) is 3.06. The molecule has 1 fully saturated rings. The molecule has 0 aliphatic carbocycles. The lowest BCUT2D eigenvalue weighted by atomic mass is 10.2. The first-order valence-electron chi connectivity index (χ1n) is 7.58. The van der Waals surface area contributed by atoms with E-state index in [-0.39, 0.29) is 0 Å². The molecule has 2 aromatic rings. The third-order valence-corrected chi connectivity index (χ3v) is 5.34. The van der Waals surface area contributed by atoms with E-state index >= 15 is 0 Å². The third-order valence-electron chi connectivity index (χ3n) is 3.91. The number of nitrogens with zero attached hydrogens (tertiary/aromatic N) is 2. The van der Waals surface area contributed by atoms with Gasteiger partial charge in [0.15, 0.2) is 11.4 Å². The molecule has 2 heterocycles. The Bertz CT molecular complexity index is 688. The molecule has 120 valence electrons. The van der Waals surface area contributed by atoms with E-state index in [9.17, 15) is 4.79 Å². The Morgan fingerprint density at radius 3 is 2.43 bits per heavy atom. The van der Waals surface area contributed by atoms with Gasteiger partial charge < -0.3 is 15.1 Å². The highest BCUT2D eigenvalue weighted by Gasteiger charge is 2.20. The summed E-state index contributed by atoms with van der Waals surface area (Å²) in [6.07, 6.45) is 0.908. The number of aldehydes is 1. The summed E-state index contributed by atoms with van der Waals surface area (Å²) in [6, 6.07) is 12.1. The standard InChI is InChI=1S/C17H19N3OS2/c1-13-2-4-14(5-3-13)18-17(22)20-10-8-19(9-11-20)16-7-6-15(12-21)23-16/h2-7,12H,8-11H2,1H3,(H,18,22). The quantitative estimate of drug-likeness (QED) is 0.681. The second kappa shape index (κ2) is 7.10. The van der Waals surface area contributed by atoms with E-state index in [1.165, 1.54) is 5.56 Å².